The first-order valence-electron chi connectivity index (χ1n) is 8.65. The summed E-state index contributed by atoms with van der Waals surface area (Å²) in [7, 11) is 0. The van der Waals surface area contributed by atoms with Gasteiger partial charge in [-0.1, -0.05) is 37.3 Å². The third-order valence-electron chi connectivity index (χ3n) is 5.19. The SMILES string of the molecule is Cc1cc(C(=O)N2CCC(C)C(O)C2)c(C)n1Cc1ccccc1. The second-order valence-corrected chi connectivity index (χ2v) is 6.94. The fourth-order valence-corrected chi connectivity index (χ4v) is 3.43. The van der Waals surface area contributed by atoms with Crippen LogP contribution in [0.3, 0.4) is 0 Å². The summed E-state index contributed by atoms with van der Waals surface area (Å²) >= 11 is 0. The standard InChI is InChI=1S/C20H26N2O2/c1-14-9-10-21(13-19(14)23)20(24)18-11-15(2)22(16(18)3)12-17-7-5-4-6-8-17/h4-8,11,14,19,23H,9-10,12-13H2,1-3H3. The van der Waals surface area contributed by atoms with E-state index in [-0.39, 0.29) is 11.8 Å². The number of hydrogen-bond donors (Lipinski definition) is 1. The Balaban J connectivity index is 1.82. The van der Waals surface area contributed by atoms with Gasteiger partial charge in [0.25, 0.3) is 5.91 Å². The zero-order valence-electron chi connectivity index (χ0n) is 14.7. The van der Waals surface area contributed by atoms with Gasteiger partial charge in [-0.25, -0.2) is 0 Å². The van der Waals surface area contributed by atoms with Gasteiger partial charge in [-0.3, -0.25) is 4.79 Å². The van der Waals surface area contributed by atoms with Crippen molar-refractivity contribution in [3.63, 3.8) is 0 Å². The molecule has 0 radical (unpaired) electrons. The molecule has 0 saturated carbocycles. The van der Waals surface area contributed by atoms with Crippen LogP contribution < -0.4 is 0 Å². The van der Waals surface area contributed by atoms with Crippen LogP contribution in [-0.2, 0) is 6.54 Å². The van der Waals surface area contributed by atoms with E-state index in [0.29, 0.717) is 6.54 Å². The first-order valence-corrected chi connectivity index (χ1v) is 8.65. The number of β-amino-alcohol motifs (C(OH)–C–C–N with tert-alkyl or cyclic N) is 1. The maximum Gasteiger partial charge on any atom is 0.255 e. The summed E-state index contributed by atoms with van der Waals surface area (Å²) in [6.07, 6.45) is 0.436. The number of benzene rings is 1. The molecule has 1 N–H and O–H groups in total. The molecular formula is C20H26N2O2. The number of aliphatic hydroxyl groups excluding tert-OH is 1. The first kappa shape index (κ1) is 16.8. The highest BCUT2D eigenvalue weighted by Gasteiger charge is 2.29. The van der Waals surface area contributed by atoms with Crippen molar-refractivity contribution in [2.24, 2.45) is 5.92 Å². The number of aromatic nitrogens is 1. The Hall–Kier alpha value is -2.07. The molecule has 24 heavy (non-hydrogen) atoms. The summed E-state index contributed by atoms with van der Waals surface area (Å²) in [4.78, 5) is 14.7. The number of hydrogen-bond acceptors (Lipinski definition) is 2. The van der Waals surface area contributed by atoms with Gasteiger partial charge in [0.1, 0.15) is 0 Å². The van der Waals surface area contributed by atoms with Crippen LogP contribution in [0, 0.1) is 19.8 Å². The summed E-state index contributed by atoms with van der Waals surface area (Å²) < 4.78 is 2.19. The first-order chi connectivity index (χ1) is 11.5. The van der Waals surface area contributed by atoms with E-state index < -0.39 is 6.10 Å². The van der Waals surface area contributed by atoms with Crippen molar-refractivity contribution in [3.8, 4) is 0 Å². The zero-order valence-corrected chi connectivity index (χ0v) is 14.7. The van der Waals surface area contributed by atoms with E-state index >= 15 is 0 Å². The lowest BCUT2D eigenvalue weighted by Crippen LogP contribution is -2.45. The topological polar surface area (TPSA) is 45.5 Å². The zero-order chi connectivity index (χ0) is 17.3. The molecule has 2 atom stereocenters. The van der Waals surface area contributed by atoms with Crippen LogP contribution in [0.5, 0.6) is 0 Å². The Labute approximate surface area is 143 Å². The summed E-state index contributed by atoms with van der Waals surface area (Å²) in [5.41, 5.74) is 4.06. The molecule has 2 aromatic rings. The molecule has 4 nitrogen and oxygen atoms in total. The molecule has 1 aromatic heterocycles. The van der Waals surface area contributed by atoms with Gasteiger partial charge in [-0.2, -0.15) is 0 Å². The third-order valence-corrected chi connectivity index (χ3v) is 5.19. The van der Waals surface area contributed by atoms with E-state index in [2.05, 4.69) is 16.7 Å². The third kappa shape index (κ3) is 3.24. The van der Waals surface area contributed by atoms with Gasteiger partial charge in [0.2, 0.25) is 0 Å². The summed E-state index contributed by atoms with van der Waals surface area (Å²) in [6.45, 7) is 8.01. The summed E-state index contributed by atoms with van der Waals surface area (Å²) in [5, 5.41) is 10.1. The molecule has 0 bridgehead atoms. The van der Waals surface area contributed by atoms with E-state index in [9.17, 15) is 9.90 Å². The minimum atomic E-state index is -0.421. The van der Waals surface area contributed by atoms with Crippen LogP contribution in [0.4, 0.5) is 0 Å². The maximum absolute atomic E-state index is 12.9. The van der Waals surface area contributed by atoms with Crippen molar-refractivity contribution in [3.05, 3.63) is 58.9 Å². The Morgan fingerprint density at radius 3 is 2.62 bits per heavy atom. The number of piperidine rings is 1. The van der Waals surface area contributed by atoms with Crippen LogP contribution in [0.1, 0.15) is 40.7 Å². The second kappa shape index (κ2) is 6.81. The molecule has 1 aromatic carbocycles. The van der Waals surface area contributed by atoms with E-state index in [1.54, 1.807) is 4.90 Å². The molecule has 1 fully saturated rings. The molecule has 2 unspecified atom stereocenters. The smallest absolute Gasteiger partial charge is 0.255 e. The summed E-state index contributed by atoms with van der Waals surface area (Å²) in [6, 6.07) is 12.3. The Bertz CT molecular complexity index is 721. The van der Waals surface area contributed by atoms with Crippen molar-refractivity contribution in [2.75, 3.05) is 13.1 Å². The number of nitrogens with zero attached hydrogens (tertiary/aromatic N) is 2. The number of rotatable bonds is 3. The summed E-state index contributed by atoms with van der Waals surface area (Å²) in [5.74, 6) is 0.299. The molecular weight excluding hydrogens is 300 g/mol. The Morgan fingerprint density at radius 1 is 1.25 bits per heavy atom. The van der Waals surface area contributed by atoms with Crippen LogP contribution in [-0.4, -0.2) is 39.7 Å². The number of likely N-dealkylation sites (tertiary alicyclic amines) is 1. The molecule has 4 heteroatoms. The highest BCUT2D eigenvalue weighted by Crippen LogP contribution is 2.23. The van der Waals surface area contributed by atoms with E-state index in [4.69, 9.17) is 0 Å². The number of amides is 1. The van der Waals surface area contributed by atoms with Gasteiger partial charge < -0.3 is 14.6 Å². The number of carbonyl (C=O) groups is 1. The predicted molar refractivity (Wildman–Crippen MR) is 95.1 cm³/mol. The predicted octanol–water partition coefficient (Wildman–Crippen LogP) is 3.00. The lowest BCUT2D eigenvalue weighted by molar-refractivity contribution is 0.0248. The van der Waals surface area contributed by atoms with E-state index in [1.165, 1.54) is 5.56 Å². The molecule has 0 aliphatic carbocycles. The molecule has 1 aliphatic rings. The maximum atomic E-state index is 12.9. The molecule has 1 aliphatic heterocycles. The minimum Gasteiger partial charge on any atom is -0.391 e. The minimum absolute atomic E-state index is 0.0355. The normalized spacial score (nSPS) is 21.1. The second-order valence-electron chi connectivity index (χ2n) is 6.94. The van der Waals surface area contributed by atoms with Gasteiger partial charge in [0.05, 0.1) is 11.7 Å². The Kier molecular flexibility index (Phi) is 4.76. The number of aliphatic hydroxyl groups is 1. The lowest BCUT2D eigenvalue weighted by atomic mass is 9.95. The van der Waals surface area contributed by atoms with Crippen molar-refractivity contribution in [1.29, 1.82) is 0 Å². The fourth-order valence-electron chi connectivity index (χ4n) is 3.43. The van der Waals surface area contributed by atoms with Gasteiger partial charge in [-0.15, -0.1) is 0 Å². The monoisotopic (exact) mass is 326 g/mol. The van der Waals surface area contributed by atoms with Crippen molar-refractivity contribution < 1.29 is 9.90 Å². The van der Waals surface area contributed by atoms with Gasteiger partial charge in [0.15, 0.2) is 0 Å². The van der Waals surface area contributed by atoms with E-state index in [0.717, 1.165) is 36.5 Å². The van der Waals surface area contributed by atoms with Gasteiger partial charge >= 0.3 is 0 Å². The van der Waals surface area contributed by atoms with Crippen LogP contribution in [0.25, 0.3) is 0 Å². The van der Waals surface area contributed by atoms with Gasteiger partial charge in [0, 0.05) is 31.0 Å². The largest absolute Gasteiger partial charge is 0.391 e. The van der Waals surface area contributed by atoms with Crippen LogP contribution >= 0.6 is 0 Å². The lowest BCUT2D eigenvalue weighted by Gasteiger charge is -2.34. The molecule has 0 spiro atoms. The van der Waals surface area contributed by atoms with Crippen molar-refractivity contribution in [1.82, 2.24) is 9.47 Å². The molecule has 2 heterocycles. The molecule has 3 rings (SSSR count). The number of aryl methyl sites for hydroxylation is 1. The highest BCUT2D eigenvalue weighted by atomic mass is 16.3. The average Bonchev–Trinajstić information content (AvgIpc) is 2.86. The fraction of sp³-hybridized carbons (Fsp3) is 0.450. The van der Waals surface area contributed by atoms with E-state index in [1.807, 2.05) is 45.0 Å². The van der Waals surface area contributed by atoms with Gasteiger partial charge in [-0.05, 0) is 37.8 Å². The molecule has 128 valence electrons. The quantitative estimate of drug-likeness (QED) is 0.942. The average molecular weight is 326 g/mol. The number of carbonyl (C=O) groups excluding carboxylic acids is 1. The van der Waals surface area contributed by atoms with Crippen molar-refractivity contribution >= 4 is 5.91 Å². The molecule has 1 amide bonds. The molecule has 1 saturated heterocycles. The van der Waals surface area contributed by atoms with Crippen LogP contribution in [0.2, 0.25) is 0 Å². The van der Waals surface area contributed by atoms with Crippen LogP contribution in [0.15, 0.2) is 36.4 Å². The van der Waals surface area contributed by atoms with Crippen molar-refractivity contribution in [2.45, 2.75) is 39.8 Å². The Morgan fingerprint density at radius 2 is 1.96 bits per heavy atom. The highest BCUT2D eigenvalue weighted by molar-refractivity contribution is 5.95.